The summed E-state index contributed by atoms with van der Waals surface area (Å²) in [7, 11) is 0. The van der Waals surface area contributed by atoms with Crippen molar-refractivity contribution in [2.75, 3.05) is 5.32 Å². The van der Waals surface area contributed by atoms with Crippen molar-refractivity contribution in [3.05, 3.63) is 48.7 Å². The predicted octanol–water partition coefficient (Wildman–Crippen LogP) is 5.33. The number of aromatic hydroxyl groups is 1. The lowest BCUT2D eigenvalue weighted by molar-refractivity contribution is 0.302. The molecule has 0 unspecified atom stereocenters. The van der Waals surface area contributed by atoms with Gasteiger partial charge >= 0.3 is 0 Å². The van der Waals surface area contributed by atoms with Gasteiger partial charge in [-0.2, -0.15) is 0 Å². The van der Waals surface area contributed by atoms with Crippen LogP contribution in [0, 0.1) is 5.41 Å². The Morgan fingerprint density at radius 2 is 1.68 bits per heavy atom. The number of benzene rings is 1. The molecule has 0 atom stereocenters. The van der Waals surface area contributed by atoms with E-state index in [-0.39, 0.29) is 16.7 Å². The van der Waals surface area contributed by atoms with Gasteiger partial charge < -0.3 is 10.4 Å². The van der Waals surface area contributed by atoms with E-state index in [4.69, 9.17) is 4.98 Å². The van der Waals surface area contributed by atoms with Crippen molar-refractivity contribution in [3.63, 3.8) is 0 Å². The van der Waals surface area contributed by atoms with Crippen LogP contribution in [0.2, 0.25) is 0 Å². The molecule has 2 aromatic heterocycles. The van der Waals surface area contributed by atoms with Crippen LogP contribution < -0.4 is 5.32 Å². The third kappa shape index (κ3) is 3.95. The van der Waals surface area contributed by atoms with Crippen LogP contribution in [-0.4, -0.2) is 20.0 Å². The molecule has 0 amide bonds. The quantitative estimate of drug-likeness (QED) is 0.676. The number of hydrogen-bond donors (Lipinski definition) is 2. The Bertz CT molecular complexity index is 870. The molecule has 0 aliphatic carbocycles. The molecule has 2 heterocycles. The number of pyridine rings is 1. The molecule has 1 aromatic carbocycles. The van der Waals surface area contributed by atoms with Gasteiger partial charge in [-0.3, -0.25) is 4.40 Å². The topological polar surface area (TPSA) is 49.6 Å². The maximum atomic E-state index is 9.59. The minimum atomic E-state index is -0.0876. The summed E-state index contributed by atoms with van der Waals surface area (Å²) in [6.07, 6.45) is 3.05. The third-order valence-corrected chi connectivity index (χ3v) is 4.10. The van der Waals surface area contributed by atoms with Gasteiger partial charge in [0.15, 0.2) is 0 Å². The van der Waals surface area contributed by atoms with Gasteiger partial charge in [-0.15, -0.1) is 0 Å². The van der Waals surface area contributed by atoms with Crippen LogP contribution in [-0.2, 0) is 0 Å². The summed E-state index contributed by atoms with van der Waals surface area (Å²) in [6, 6.07) is 13.2. The number of nitrogens with zero attached hydrogens (tertiary/aromatic N) is 2. The Labute approximate surface area is 149 Å². The fourth-order valence-electron chi connectivity index (χ4n) is 3.63. The van der Waals surface area contributed by atoms with E-state index in [1.165, 1.54) is 0 Å². The van der Waals surface area contributed by atoms with Crippen molar-refractivity contribution >= 4 is 11.5 Å². The Morgan fingerprint density at radius 1 is 1.00 bits per heavy atom. The monoisotopic (exact) mass is 337 g/mol. The summed E-state index contributed by atoms with van der Waals surface area (Å²) in [5.74, 6) is 1.24. The molecule has 0 bridgehead atoms. The van der Waals surface area contributed by atoms with Gasteiger partial charge in [-0.05, 0) is 62.1 Å². The fraction of sp³-hybridized carbons (Fsp3) is 0.381. The lowest BCUT2D eigenvalue weighted by Crippen LogP contribution is -2.36. The van der Waals surface area contributed by atoms with Gasteiger partial charge in [0.2, 0.25) is 0 Å². The molecular formula is C21H27N3O. The molecule has 0 fully saturated rings. The first-order valence-corrected chi connectivity index (χ1v) is 8.69. The van der Waals surface area contributed by atoms with Crippen molar-refractivity contribution in [2.45, 2.75) is 46.6 Å². The van der Waals surface area contributed by atoms with E-state index in [2.05, 4.69) is 44.3 Å². The second kappa shape index (κ2) is 6.10. The Balaban J connectivity index is 2.09. The van der Waals surface area contributed by atoms with Crippen molar-refractivity contribution in [1.29, 1.82) is 0 Å². The number of hydrogen-bond acceptors (Lipinski definition) is 3. The average molecular weight is 337 g/mol. The van der Waals surface area contributed by atoms with E-state index in [1.54, 1.807) is 12.1 Å². The molecule has 4 heteroatoms. The SMILES string of the molecule is CC(C)(C)CC(C)(C)Nc1c(-c2ccc(O)cc2)nc2ccccn12. The normalized spacial score (nSPS) is 12.5. The van der Waals surface area contributed by atoms with E-state index in [0.29, 0.717) is 0 Å². The highest BCUT2D eigenvalue weighted by Gasteiger charge is 2.27. The Morgan fingerprint density at radius 3 is 2.32 bits per heavy atom. The Hall–Kier alpha value is -2.49. The van der Waals surface area contributed by atoms with Crippen LogP contribution in [0.5, 0.6) is 5.75 Å². The van der Waals surface area contributed by atoms with Crippen molar-refractivity contribution in [3.8, 4) is 17.0 Å². The van der Waals surface area contributed by atoms with Crippen LogP contribution in [0.4, 0.5) is 5.82 Å². The average Bonchev–Trinajstić information content (AvgIpc) is 2.84. The molecule has 0 aliphatic rings. The van der Waals surface area contributed by atoms with Gasteiger partial charge in [0.25, 0.3) is 0 Å². The molecule has 0 radical (unpaired) electrons. The number of nitrogens with one attached hydrogen (secondary N) is 1. The predicted molar refractivity (Wildman–Crippen MR) is 104 cm³/mol. The molecule has 0 saturated heterocycles. The van der Waals surface area contributed by atoms with Gasteiger partial charge in [0.05, 0.1) is 0 Å². The summed E-state index contributed by atoms with van der Waals surface area (Å²) in [6.45, 7) is 11.2. The smallest absolute Gasteiger partial charge is 0.139 e. The summed E-state index contributed by atoms with van der Waals surface area (Å²) >= 11 is 0. The van der Waals surface area contributed by atoms with Gasteiger partial charge in [-0.1, -0.05) is 26.8 Å². The molecule has 25 heavy (non-hydrogen) atoms. The van der Waals surface area contributed by atoms with Gasteiger partial charge in [0, 0.05) is 17.3 Å². The minimum Gasteiger partial charge on any atom is -0.508 e. The summed E-state index contributed by atoms with van der Waals surface area (Å²) in [4.78, 5) is 4.81. The number of anilines is 1. The maximum Gasteiger partial charge on any atom is 0.139 e. The Kier molecular flexibility index (Phi) is 4.23. The van der Waals surface area contributed by atoms with Crippen LogP contribution in [0.3, 0.4) is 0 Å². The van der Waals surface area contributed by atoms with Crippen LogP contribution in [0.15, 0.2) is 48.7 Å². The van der Waals surface area contributed by atoms with E-state index in [0.717, 1.165) is 29.1 Å². The summed E-state index contributed by atoms with van der Waals surface area (Å²) in [5, 5.41) is 13.3. The zero-order valence-electron chi connectivity index (χ0n) is 15.7. The number of phenolic OH excluding ortho intramolecular Hbond substituents is 1. The molecule has 4 nitrogen and oxygen atoms in total. The van der Waals surface area contributed by atoms with Gasteiger partial charge in [0.1, 0.15) is 22.9 Å². The molecule has 0 saturated carbocycles. The third-order valence-electron chi connectivity index (χ3n) is 4.10. The van der Waals surface area contributed by atoms with Crippen LogP contribution in [0.25, 0.3) is 16.9 Å². The molecule has 2 N–H and O–H groups in total. The van der Waals surface area contributed by atoms with E-state index in [1.807, 2.05) is 36.5 Å². The van der Waals surface area contributed by atoms with Crippen molar-refractivity contribution < 1.29 is 5.11 Å². The number of rotatable bonds is 4. The summed E-state index contributed by atoms with van der Waals surface area (Å²) < 4.78 is 2.09. The lowest BCUT2D eigenvalue weighted by atomic mass is 9.82. The zero-order valence-corrected chi connectivity index (χ0v) is 15.7. The number of aromatic nitrogens is 2. The van der Waals surface area contributed by atoms with Crippen LogP contribution in [0.1, 0.15) is 41.0 Å². The molecule has 0 aliphatic heterocycles. The maximum absolute atomic E-state index is 9.59. The fourth-order valence-corrected chi connectivity index (χ4v) is 3.63. The molecule has 132 valence electrons. The van der Waals surface area contributed by atoms with Crippen molar-refractivity contribution in [1.82, 2.24) is 9.38 Å². The number of imidazole rings is 1. The standard InChI is InChI=1S/C21H27N3O/c1-20(2,3)14-21(4,5)23-19-18(15-9-11-16(25)12-10-15)22-17-8-6-7-13-24(17)19/h6-13,23,25H,14H2,1-5H3. The number of phenols is 1. The molecule has 3 rings (SSSR count). The van der Waals surface area contributed by atoms with E-state index in [9.17, 15) is 5.11 Å². The second-order valence-corrected chi connectivity index (χ2v) is 8.53. The van der Waals surface area contributed by atoms with E-state index < -0.39 is 0 Å². The molecule has 0 spiro atoms. The minimum absolute atomic E-state index is 0.0876. The van der Waals surface area contributed by atoms with Gasteiger partial charge in [-0.25, -0.2) is 4.98 Å². The first-order chi connectivity index (χ1) is 11.6. The largest absolute Gasteiger partial charge is 0.508 e. The lowest BCUT2D eigenvalue weighted by Gasteiger charge is -2.34. The first-order valence-electron chi connectivity index (χ1n) is 8.69. The highest BCUT2D eigenvalue weighted by atomic mass is 16.3. The summed E-state index contributed by atoms with van der Waals surface area (Å²) in [5.41, 5.74) is 2.91. The number of fused-ring (bicyclic) bond motifs is 1. The molecule has 3 aromatic rings. The highest BCUT2D eigenvalue weighted by Crippen LogP contribution is 2.35. The highest BCUT2D eigenvalue weighted by molar-refractivity contribution is 5.77. The van der Waals surface area contributed by atoms with E-state index >= 15 is 0 Å². The zero-order chi connectivity index (χ0) is 18.2. The van der Waals surface area contributed by atoms with Crippen molar-refractivity contribution in [2.24, 2.45) is 5.41 Å². The first kappa shape index (κ1) is 17.3. The molecular weight excluding hydrogens is 310 g/mol. The van der Waals surface area contributed by atoms with Crippen LogP contribution >= 0.6 is 0 Å². The second-order valence-electron chi connectivity index (χ2n) is 8.53.